The maximum absolute atomic E-state index is 2.37. The van der Waals surface area contributed by atoms with E-state index in [1.807, 2.05) is 0 Å². The molecule has 0 saturated heterocycles. The molecule has 1 aromatic rings. The normalized spacial score (nSPS) is 20.8. The molecule has 1 aliphatic carbocycles. The molecular formula is C13H16. The van der Waals surface area contributed by atoms with E-state index in [0.29, 0.717) is 0 Å². The van der Waals surface area contributed by atoms with Gasteiger partial charge >= 0.3 is 0 Å². The van der Waals surface area contributed by atoms with E-state index >= 15 is 0 Å². The largest absolute Gasteiger partial charge is 0.0804 e. The summed E-state index contributed by atoms with van der Waals surface area (Å²) in [5.41, 5.74) is 4.45. The second-order valence-corrected chi connectivity index (χ2v) is 3.82. The van der Waals surface area contributed by atoms with E-state index in [-0.39, 0.29) is 0 Å². The second-order valence-electron chi connectivity index (χ2n) is 3.82. The monoisotopic (exact) mass is 172 g/mol. The zero-order chi connectivity index (χ0) is 9.26. The third-order valence-corrected chi connectivity index (χ3v) is 3.03. The van der Waals surface area contributed by atoms with Crippen molar-refractivity contribution < 1.29 is 0 Å². The molecule has 0 fully saturated rings. The molecule has 0 nitrogen and oxygen atoms in total. The molecule has 1 aromatic carbocycles. The molecule has 0 saturated carbocycles. The van der Waals surface area contributed by atoms with Crippen molar-refractivity contribution in [2.45, 2.75) is 32.6 Å². The zero-order valence-corrected chi connectivity index (χ0v) is 8.38. The summed E-state index contributed by atoms with van der Waals surface area (Å²) >= 11 is 0. The number of benzene rings is 1. The average Bonchev–Trinajstić information content (AvgIpc) is 2.19. The molecule has 0 aromatic heterocycles. The van der Waals surface area contributed by atoms with Crippen molar-refractivity contribution in [1.29, 1.82) is 0 Å². The quantitative estimate of drug-likeness (QED) is 0.601. The van der Waals surface area contributed by atoms with Crippen molar-refractivity contribution >= 4 is 5.57 Å². The Bertz CT molecular complexity index is 334. The third kappa shape index (κ3) is 1.41. The van der Waals surface area contributed by atoms with Gasteiger partial charge in [0.15, 0.2) is 0 Å². The summed E-state index contributed by atoms with van der Waals surface area (Å²) in [6, 6.07) is 8.80. The SMILES string of the molecule is CCC1CC=C(C)c2ccccc21. The fraction of sp³-hybridized carbons (Fsp3) is 0.385. The number of fused-ring (bicyclic) bond motifs is 1. The lowest BCUT2D eigenvalue weighted by atomic mass is 9.82. The Morgan fingerprint density at radius 1 is 1.31 bits per heavy atom. The predicted octanol–water partition coefficient (Wildman–Crippen LogP) is 3.99. The molecule has 13 heavy (non-hydrogen) atoms. The lowest BCUT2D eigenvalue weighted by molar-refractivity contribution is 0.666. The Labute approximate surface area is 80.3 Å². The van der Waals surface area contributed by atoms with Crippen LogP contribution in [0.15, 0.2) is 30.3 Å². The highest BCUT2D eigenvalue weighted by Gasteiger charge is 2.16. The van der Waals surface area contributed by atoms with Gasteiger partial charge in [-0.1, -0.05) is 37.3 Å². The van der Waals surface area contributed by atoms with Crippen LogP contribution < -0.4 is 0 Å². The van der Waals surface area contributed by atoms with E-state index < -0.39 is 0 Å². The summed E-state index contributed by atoms with van der Waals surface area (Å²) in [6.07, 6.45) is 4.84. The summed E-state index contributed by atoms with van der Waals surface area (Å²) in [4.78, 5) is 0. The van der Waals surface area contributed by atoms with Crippen LogP contribution in [0.25, 0.3) is 5.57 Å². The summed E-state index contributed by atoms with van der Waals surface area (Å²) in [6.45, 7) is 4.49. The fourth-order valence-electron chi connectivity index (χ4n) is 2.15. The maximum atomic E-state index is 2.37. The van der Waals surface area contributed by atoms with E-state index in [2.05, 4.69) is 44.2 Å². The van der Waals surface area contributed by atoms with Gasteiger partial charge in [-0.25, -0.2) is 0 Å². The van der Waals surface area contributed by atoms with Gasteiger partial charge in [-0.15, -0.1) is 0 Å². The summed E-state index contributed by atoms with van der Waals surface area (Å²) in [7, 11) is 0. The number of hydrogen-bond acceptors (Lipinski definition) is 0. The minimum Gasteiger partial charge on any atom is -0.0804 e. The Morgan fingerprint density at radius 3 is 2.85 bits per heavy atom. The van der Waals surface area contributed by atoms with Crippen molar-refractivity contribution in [2.24, 2.45) is 0 Å². The molecule has 68 valence electrons. The molecule has 0 bridgehead atoms. The van der Waals surface area contributed by atoms with E-state index in [0.717, 1.165) is 5.92 Å². The molecule has 0 N–H and O–H groups in total. The third-order valence-electron chi connectivity index (χ3n) is 3.03. The molecule has 0 spiro atoms. The maximum Gasteiger partial charge on any atom is -0.0124 e. The number of allylic oxidation sites excluding steroid dienone is 2. The van der Waals surface area contributed by atoms with Crippen LogP contribution in [0.4, 0.5) is 0 Å². The molecule has 0 heteroatoms. The zero-order valence-electron chi connectivity index (χ0n) is 8.38. The molecule has 0 amide bonds. The van der Waals surface area contributed by atoms with Crippen LogP contribution in [-0.4, -0.2) is 0 Å². The Hall–Kier alpha value is -1.04. The topological polar surface area (TPSA) is 0 Å². The van der Waals surface area contributed by atoms with Gasteiger partial charge in [0.2, 0.25) is 0 Å². The first kappa shape index (κ1) is 8.55. The van der Waals surface area contributed by atoms with Crippen LogP contribution in [0.5, 0.6) is 0 Å². The minimum atomic E-state index is 0.750. The minimum absolute atomic E-state index is 0.750. The first-order valence-electron chi connectivity index (χ1n) is 5.09. The molecule has 0 radical (unpaired) electrons. The van der Waals surface area contributed by atoms with Crippen LogP contribution in [0.1, 0.15) is 43.7 Å². The van der Waals surface area contributed by atoms with Crippen molar-refractivity contribution in [3.63, 3.8) is 0 Å². The van der Waals surface area contributed by atoms with Crippen molar-refractivity contribution in [1.82, 2.24) is 0 Å². The van der Waals surface area contributed by atoms with Gasteiger partial charge in [-0.05, 0) is 42.4 Å². The Morgan fingerprint density at radius 2 is 2.08 bits per heavy atom. The lowest BCUT2D eigenvalue weighted by Crippen LogP contribution is -2.04. The highest BCUT2D eigenvalue weighted by atomic mass is 14.2. The van der Waals surface area contributed by atoms with Gasteiger partial charge in [0.1, 0.15) is 0 Å². The first-order valence-corrected chi connectivity index (χ1v) is 5.09. The van der Waals surface area contributed by atoms with Gasteiger partial charge in [0.25, 0.3) is 0 Å². The summed E-state index contributed by atoms with van der Waals surface area (Å²) < 4.78 is 0. The molecular weight excluding hydrogens is 156 g/mol. The van der Waals surface area contributed by atoms with Gasteiger partial charge in [0.05, 0.1) is 0 Å². The van der Waals surface area contributed by atoms with E-state index in [9.17, 15) is 0 Å². The number of hydrogen-bond donors (Lipinski definition) is 0. The van der Waals surface area contributed by atoms with Crippen molar-refractivity contribution in [3.05, 3.63) is 41.5 Å². The Kier molecular flexibility index (Phi) is 2.22. The van der Waals surface area contributed by atoms with E-state index in [4.69, 9.17) is 0 Å². The van der Waals surface area contributed by atoms with Crippen LogP contribution in [0.2, 0.25) is 0 Å². The second kappa shape index (κ2) is 3.37. The van der Waals surface area contributed by atoms with Crippen LogP contribution in [-0.2, 0) is 0 Å². The average molecular weight is 172 g/mol. The molecule has 2 rings (SSSR count). The van der Waals surface area contributed by atoms with Crippen LogP contribution in [0.3, 0.4) is 0 Å². The van der Waals surface area contributed by atoms with Crippen LogP contribution in [0, 0.1) is 0 Å². The molecule has 0 aliphatic heterocycles. The first-order chi connectivity index (χ1) is 6.33. The van der Waals surface area contributed by atoms with Gasteiger partial charge < -0.3 is 0 Å². The fourth-order valence-corrected chi connectivity index (χ4v) is 2.15. The van der Waals surface area contributed by atoms with Gasteiger partial charge in [-0.2, -0.15) is 0 Å². The van der Waals surface area contributed by atoms with Gasteiger partial charge in [0, 0.05) is 0 Å². The smallest absolute Gasteiger partial charge is 0.0124 e. The highest BCUT2D eigenvalue weighted by molar-refractivity contribution is 5.69. The molecule has 0 heterocycles. The Balaban J connectivity index is 2.50. The van der Waals surface area contributed by atoms with Crippen molar-refractivity contribution in [2.75, 3.05) is 0 Å². The summed E-state index contributed by atoms with van der Waals surface area (Å²) in [5.74, 6) is 0.750. The van der Waals surface area contributed by atoms with E-state index in [1.54, 1.807) is 5.56 Å². The lowest BCUT2D eigenvalue weighted by Gasteiger charge is -2.23. The number of rotatable bonds is 1. The molecule has 1 unspecified atom stereocenters. The predicted molar refractivity (Wildman–Crippen MR) is 57.7 cm³/mol. The van der Waals surface area contributed by atoms with Crippen molar-refractivity contribution in [3.8, 4) is 0 Å². The highest BCUT2D eigenvalue weighted by Crippen LogP contribution is 2.35. The van der Waals surface area contributed by atoms with Gasteiger partial charge in [-0.3, -0.25) is 0 Å². The molecule has 1 aliphatic rings. The standard InChI is InChI=1S/C13H16/c1-3-11-9-8-10(2)12-6-4-5-7-13(11)12/h4-8,11H,3,9H2,1-2H3. The molecule has 1 atom stereocenters. The van der Waals surface area contributed by atoms with Crippen LogP contribution >= 0.6 is 0 Å². The summed E-state index contributed by atoms with van der Waals surface area (Å²) in [5, 5.41) is 0. The van der Waals surface area contributed by atoms with E-state index in [1.165, 1.54) is 24.0 Å².